The summed E-state index contributed by atoms with van der Waals surface area (Å²) in [6.45, 7) is 0. The summed E-state index contributed by atoms with van der Waals surface area (Å²) >= 11 is 0. The second-order valence-electron chi connectivity index (χ2n) is 0.414. The minimum Gasteiger partial charge on any atom is -0.385 e. The molecule has 5 heavy (non-hydrogen) atoms. The third-order valence-electron chi connectivity index (χ3n) is 0.171. The smallest absolute Gasteiger partial charge is 0.0986 e. The summed E-state index contributed by atoms with van der Waals surface area (Å²) in [5.41, 5.74) is 0. The van der Waals surface area contributed by atoms with Crippen LogP contribution in [0.25, 0.3) is 0 Å². The summed E-state index contributed by atoms with van der Waals surface area (Å²) < 4.78 is 0. The summed E-state index contributed by atoms with van der Waals surface area (Å²) in [5.74, 6) is 0.223. The Balaban J connectivity index is 2.19. The van der Waals surface area contributed by atoms with Gasteiger partial charge in [-0.3, -0.25) is 0 Å². The van der Waals surface area contributed by atoms with Crippen LogP contribution in [0.15, 0.2) is 0 Å². The normalized spacial score (nSPS) is 8.40. The number of aliphatic hydroxyl groups excluding tert-OH is 1. The van der Waals surface area contributed by atoms with E-state index < -0.39 is 0 Å². The molecule has 0 fully saturated rings. The molecule has 0 aromatic heterocycles. The van der Waals surface area contributed by atoms with Crippen molar-refractivity contribution < 1.29 is 5.11 Å². The van der Waals surface area contributed by atoms with E-state index in [0.29, 0.717) is 0 Å². The largest absolute Gasteiger partial charge is 0.385 e. The van der Waals surface area contributed by atoms with Crippen molar-refractivity contribution >= 4 is 21.6 Å². The molecule has 0 radical (unpaired) electrons. The fourth-order valence-electron chi connectivity index (χ4n) is 0.0527. The van der Waals surface area contributed by atoms with Crippen molar-refractivity contribution in [3.05, 3.63) is 0 Å². The average molecular weight is 110 g/mol. The van der Waals surface area contributed by atoms with Crippen LogP contribution < -0.4 is 0 Å². The van der Waals surface area contributed by atoms with Crippen molar-refractivity contribution in [1.82, 2.24) is 0 Å². The van der Waals surface area contributed by atoms with Crippen LogP contribution >= 0.6 is 21.6 Å². The lowest BCUT2D eigenvalue weighted by molar-refractivity contribution is 0.376. The Kier molecular flexibility index (Phi) is 5.28. The summed E-state index contributed by atoms with van der Waals surface area (Å²) in [6.07, 6.45) is 1.93. The van der Waals surface area contributed by atoms with Gasteiger partial charge in [-0.15, -0.1) is 0 Å². The molecule has 32 valence electrons. The monoisotopic (exact) mass is 110 g/mol. The molecule has 0 unspecified atom stereocenters. The van der Waals surface area contributed by atoms with Crippen LogP contribution in [0.4, 0.5) is 0 Å². The van der Waals surface area contributed by atoms with Crippen LogP contribution in [0, 0.1) is 0 Å². The van der Waals surface area contributed by atoms with Crippen molar-refractivity contribution in [2.45, 2.75) is 0 Å². The molecular formula is C2H6OS2. The lowest BCUT2D eigenvalue weighted by Gasteiger charge is -1.79. The first-order valence-electron chi connectivity index (χ1n) is 1.18. The molecule has 0 aromatic carbocycles. The summed E-state index contributed by atoms with van der Waals surface area (Å²) in [7, 11) is 3.00. The minimum absolute atomic E-state index is 0.223. The van der Waals surface area contributed by atoms with Crippen molar-refractivity contribution in [2.24, 2.45) is 0 Å². The number of aliphatic hydroxyl groups is 1. The van der Waals surface area contributed by atoms with Crippen molar-refractivity contribution in [3.8, 4) is 0 Å². The SMILES string of the molecule is CSSCO. The first-order valence-corrected chi connectivity index (χ1v) is 3.91. The van der Waals surface area contributed by atoms with Crippen LogP contribution in [0.5, 0.6) is 0 Å². The molecule has 0 heterocycles. The maximum atomic E-state index is 8.01. The highest BCUT2D eigenvalue weighted by atomic mass is 33.1. The third-order valence-corrected chi connectivity index (χ3v) is 1.54. The predicted octanol–water partition coefficient (Wildman–Crippen LogP) is 0.947. The van der Waals surface area contributed by atoms with Gasteiger partial charge >= 0.3 is 0 Å². The number of hydrogen-bond acceptors (Lipinski definition) is 3. The molecule has 0 atom stereocenters. The van der Waals surface area contributed by atoms with E-state index in [1.54, 1.807) is 10.8 Å². The molecule has 0 spiro atoms. The molecule has 0 amide bonds. The van der Waals surface area contributed by atoms with Gasteiger partial charge in [-0.1, -0.05) is 21.6 Å². The maximum absolute atomic E-state index is 8.01. The molecule has 0 aromatic rings. The molecule has 0 aliphatic rings. The second kappa shape index (κ2) is 4.66. The Labute approximate surface area is 39.5 Å². The second-order valence-corrected chi connectivity index (χ2v) is 2.95. The van der Waals surface area contributed by atoms with E-state index in [4.69, 9.17) is 5.11 Å². The van der Waals surface area contributed by atoms with E-state index in [9.17, 15) is 0 Å². The Bertz CT molecular complexity index is 15.1. The highest BCUT2D eigenvalue weighted by Crippen LogP contribution is 2.13. The van der Waals surface area contributed by atoms with Gasteiger partial charge in [0.05, 0.1) is 5.94 Å². The summed E-state index contributed by atoms with van der Waals surface area (Å²) in [4.78, 5) is 0. The van der Waals surface area contributed by atoms with E-state index in [-0.39, 0.29) is 5.94 Å². The van der Waals surface area contributed by atoms with Gasteiger partial charge in [0.1, 0.15) is 0 Å². The van der Waals surface area contributed by atoms with Crippen molar-refractivity contribution in [3.63, 3.8) is 0 Å². The van der Waals surface area contributed by atoms with E-state index in [0.717, 1.165) is 0 Å². The summed E-state index contributed by atoms with van der Waals surface area (Å²) in [5, 5.41) is 8.01. The third kappa shape index (κ3) is 4.66. The number of rotatable bonds is 2. The Hall–Kier alpha value is 0.660. The Morgan fingerprint density at radius 3 is 2.40 bits per heavy atom. The van der Waals surface area contributed by atoms with E-state index in [2.05, 4.69) is 0 Å². The first-order chi connectivity index (χ1) is 2.41. The highest BCUT2D eigenvalue weighted by molar-refractivity contribution is 8.76. The van der Waals surface area contributed by atoms with E-state index in [1.165, 1.54) is 10.8 Å². The molecule has 0 aliphatic heterocycles. The fraction of sp³-hybridized carbons (Fsp3) is 1.00. The molecule has 0 saturated heterocycles. The van der Waals surface area contributed by atoms with Gasteiger partial charge in [0.25, 0.3) is 0 Å². The zero-order valence-electron chi connectivity index (χ0n) is 2.97. The van der Waals surface area contributed by atoms with Crippen LogP contribution in [0.1, 0.15) is 0 Å². The Morgan fingerprint density at radius 2 is 2.40 bits per heavy atom. The fourth-order valence-corrected chi connectivity index (χ4v) is 0.474. The molecular weight excluding hydrogens is 104 g/mol. The average Bonchev–Trinajstić information content (AvgIpc) is 1.41. The topological polar surface area (TPSA) is 20.2 Å². The van der Waals surface area contributed by atoms with Crippen LogP contribution in [0.3, 0.4) is 0 Å². The van der Waals surface area contributed by atoms with Crippen molar-refractivity contribution in [1.29, 1.82) is 0 Å². The zero-order chi connectivity index (χ0) is 4.12. The lowest BCUT2D eigenvalue weighted by Crippen LogP contribution is -1.60. The molecule has 1 nitrogen and oxygen atoms in total. The van der Waals surface area contributed by atoms with Crippen LogP contribution in [0.2, 0.25) is 0 Å². The summed E-state index contributed by atoms with van der Waals surface area (Å²) in [6, 6.07) is 0. The maximum Gasteiger partial charge on any atom is 0.0986 e. The molecule has 0 rings (SSSR count). The lowest BCUT2D eigenvalue weighted by atomic mass is 11.7. The van der Waals surface area contributed by atoms with Gasteiger partial charge in [0.15, 0.2) is 0 Å². The van der Waals surface area contributed by atoms with Gasteiger partial charge in [0, 0.05) is 0 Å². The quantitative estimate of drug-likeness (QED) is 0.422. The standard InChI is InChI=1S/C2H6OS2/c1-4-5-2-3/h3H,2H2,1H3. The van der Waals surface area contributed by atoms with Gasteiger partial charge in [-0.2, -0.15) is 0 Å². The Morgan fingerprint density at radius 1 is 1.80 bits per heavy atom. The molecule has 0 bridgehead atoms. The molecule has 1 N–H and O–H groups in total. The van der Waals surface area contributed by atoms with Crippen LogP contribution in [-0.2, 0) is 0 Å². The van der Waals surface area contributed by atoms with Gasteiger partial charge in [0.2, 0.25) is 0 Å². The van der Waals surface area contributed by atoms with Gasteiger partial charge in [-0.25, -0.2) is 0 Å². The highest BCUT2D eigenvalue weighted by Gasteiger charge is 1.69. The first kappa shape index (κ1) is 5.66. The molecule has 3 heteroatoms. The number of hydrogen-bond donors (Lipinski definition) is 1. The molecule has 0 aliphatic carbocycles. The van der Waals surface area contributed by atoms with E-state index >= 15 is 0 Å². The van der Waals surface area contributed by atoms with Gasteiger partial charge < -0.3 is 5.11 Å². The van der Waals surface area contributed by atoms with Gasteiger partial charge in [-0.05, 0) is 6.26 Å². The van der Waals surface area contributed by atoms with E-state index in [1.807, 2.05) is 6.26 Å². The van der Waals surface area contributed by atoms with Crippen molar-refractivity contribution in [2.75, 3.05) is 12.2 Å². The molecule has 0 saturated carbocycles. The minimum atomic E-state index is 0.223. The zero-order valence-corrected chi connectivity index (χ0v) is 4.60. The van der Waals surface area contributed by atoms with Crippen LogP contribution in [-0.4, -0.2) is 17.3 Å². The predicted molar refractivity (Wildman–Crippen MR) is 28.2 cm³/mol.